The number of carbonyl (C=O) groups excluding carboxylic acids is 2. The van der Waals surface area contributed by atoms with Crippen LogP contribution in [-0.4, -0.2) is 17.0 Å². The molecule has 0 unspecified atom stereocenters. The molecule has 0 aliphatic heterocycles. The molecule has 2 rings (SSSR count). The second kappa shape index (κ2) is 7.79. The number of rotatable bonds is 6. The van der Waals surface area contributed by atoms with Crippen LogP contribution >= 0.6 is 0 Å². The van der Waals surface area contributed by atoms with Crippen molar-refractivity contribution in [3.8, 4) is 0 Å². The summed E-state index contributed by atoms with van der Waals surface area (Å²) in [5, 5.41) is 6.58. The van der Waals surface area contributed by atoms with Gasteiger partial charge in [-0.3, -0.25) is 4.79 Å². The summed E-state index contributed by atoms with van der Waals surface area (Å²) >= 11 is 0. The van der Waals surface area contributed by atoms with E-state index in [1.165, 1.54) is 6.08 Å². The zero-order valence-corrected chi connectivity index (χ0v) is 14.7. The lowest BCUT2D eigenvalue weighted by Crippen LogP contribution is -2.19. The molecule has 0 saturated heterocycles. The van der Waals surface area contributed by atoms with Crippen molar-refractivity contribution in [3.05, 3.63) is 65.6 Å². The Morgan fingerprint density at radius 2 is 1.96 bits per heavy atom. The van der Waals surface area contributed by atoms with E-state index in [-0.39, 0.29) is 17.9 Å². The predicted molar refractivity (Wildman–Crippen MR) is 92.8 cm³/mol. The molecule has 0 spiro atoms. The number of esters is 1. The van der Waals surface area contributed by atoms with Crippen molar-refractivity contribution in [2.75, 3.05) is 0 Å². The quantitative estimate of drug-likeness (QED) is 0.644. The molecule has 1 heterocycles. The fraction of sp³-hybridized carbons (Fsp3) is 0.316. The first-order valence-corrected chi connectivity index (χ1v) is 7.92. The van der Waals surface area contributed by atoms with Crippen LogP contribution in [0, 0.1) is 0 Å². The first-order valence-electron chi connectivity index (χ1n) is 7.92. The summed E-state index contributed by atoms with van der Waals surface area (Å²) in [6, 6.07) is 8.61. The molecular formula is C19H22N2O4. The number of amides is 1. The SMILES string of the molecule is C=CC(=O)NCc1ccc(C(=O)OCc2cc(C(C)(C)C)on2)cc1. The summed E-state index contributed by atoms with van der Waals surface area (Å²) in [6.45, 7) is 9.85. The van der Waals surface area contributed by atoms with Crippen molar-refractivity contribution in [1.29, 1.82) is 0 Å². The Balaban J connectivity index is 1.89. The lowest BCUT2D eigenvalue weighted by molar-refractivity contribution is -0.116. The molecule has 0 bridgehead atoms. The Hall–Kier alpha value is -2.89. The fourth-order valence-electron chi connectivity index (χ4n) is 1.98. The van der Waals surface area contributed by atoms with Gasteiger partial charge in [-0.1, -0.05) is 44.6 Å². The number of hydrogen-bond acceptors (Lipinski definition) is 5. The summed E-state index contributed by atoms with van der Waals surface area (Å²) in [4.78, 5) is 23.2. The molecule has 1 aromatic heterocycles. The van der Waals surface area contributed by atoms with Crippen LogP contribution in [0.1, 0.15) is 48.1 Å². The summed E-state index contributed by atoms with van der Waals surface area (Å²) in [5.74, 6) is 0.0529. The monoisotopic (exact) mass is 342 g/mol. The van der Waals surface area contributed by atoms with Gasteiger partial charge in [0.05, 0.1) is 5.56 Å². The zero-order valence-electron chi connectivity index (χ0n) is 14.7. The van der Waals surface area contributed by atoms with Crippen LogP contribution in [0.5, 0.6) is 0 Å². The molecule has 6 heteroatoms. The highest BCUT2D eigenvalue weighted by molar-refractivity contribution is 5.89. The molecule has 0 aliphatic carbocycles. The van der Waals surface area contributed by atoms with E-state index in [0.29, 0.717) is 17.8 Å². The molecule has 0 radical (unpaired) electrons. The van der Waals surface area contributed by atoms with Crippen LogP contribution in [-0.2, 0) is 28.1 Å². The second-order valence-electron chi connectivity index (χ2n) is 6.63. The van der Waals surface area contributed by atoms with E-state index in [1.54, 1.807) is 30.3 Å². The van der Waals surface area contributed by atoms with E-state index < -0.39 is 5.97 Å². The minimum atomic E-state index is -0.443. The number of ether oxygens (including phenoxy) is 1. The van der Waals surface area contributed by atoms with Crippen LogP contribution in [0.3, 0.4) is 0 Å². The molecule has 0 aliphatic rings. The largest absolute Gasteiger partial charge is 0.455 e. The first kappa shape index (κ1) is 18.4. The molecule has 6 nitrogen and oxygen atoms in total. The average molecular weight is 342 g/mol. The van der Waals surface area contributed by atoms with Gasteiger partial charge in [0.25, 0.3) is 0 Å². The van der Waals surface area contributed by atoms with Gasteiger partial charge in [0.1, 0.15) is 18.1 Å². The number of nitrogens with one attached hydrogen (secondary N) is 1. The molecule has 1 amide bonds. The first-order chi connectivity index (χ1) is 11.8. The van der Waals surface area contributed by atoms with Crippen molar-refractivity contribution >= 4 is 11.9 Å². The third-order valence-corrected chi connectivity index (χ3v) is 3.49. The van der Waals surface area contributed by atoms with Crippen LogP contribution < -0.4 is 5.32 Å². The van der Waals surface area contributed by atoms with E-state index in [9.17, 15) is 9.59 Å². The molecule has 25 heavy (non-hydrogen) atoms. The standard InChI is InChI=1S/C19H22N2O4/c1-5-17(22)20-11-13-6-8-14(9-7-13)18(23)24-12-15-10-16(25-21-15)19(2,3)4/h5-10H,1,11-12H2,2-4H3,(H,20,22). The van der Waals surface area contributed by atoms with Gasteiger partial charge in [-0.2, -0.15) is 0 Å². The van der Waals surface area contributed by atoms with Crippen molar-refractivity contribution in [1.82, 2.24) is 10.5 Å². The van der Waals surface area contributed by atoms with Gasteiger partial charge in [0.2, 0.25) is 5.91 Å². The van der Waals surface area contributed by atoms with Crippen LogP contribution in [0.2, 0.25) is 0 Å². The van der Waals surface area contributed by atoms with Crippen molar-refractivity contribution in [2.24, 2.45) is 0 Å². The van der Waals surface area contributed by atoms with Crippen LogP contribution in [0.15, 0.2) is 47.5 Å². The number of benzene rings is 1. The molecular weight excluding hydrogens is 320 g/mol. The maximum absolute atomic E-state index is 12.1. The maximum atomic E-state index is 12.1. The molecule has 0 fully saturated rings. The van der Waals surface area contributed by atoms with Gasteiger partial charge in [0, 0.05) is 18.0 Å². The smallest absolute Gasteiger partial charge is 0.338 e. The van der Waals surface area contributed by atoms with Crippen molar-refractivity contribution < 1.29 is 18.8 Å². The number of hydrogen-bond donors (Lipinski definition) is 1. The highest BCUT2D eigenvalue weighted by Gasteiger charge is 2.20. The maximum Gasteiger partial charge on any atom is 0.338 e. The Labute approximate surface area is 146 Å². The number of aromatic nitrogens is 1. The van der Waals surface area contributed by atoms with Gasteiger partial charge < -0.3 is 14.6 Å². The summed E-state index contributed by atoms with van der Waals surface area (Å²) in [5.41, 5.74) is 1.73. The Morgan fingerprint density at radius 1 is 1.28 bits per heavy atom. The Morgan fingerprint density at radius 3 is 2.52 bits per heavy atom. The molecule has 1 N–H and O–H groups in total. The predicted octanol–water partition coefficient (Wildman–Crippen LogP) is 3.13. The number of carbonyl (C=O) groups is 2. The average Bonchev–Trinajstić information content (AvgIpc) is 3.07. The molecule has 1 aromatic carbocycles. The lowest BCUT2D eigenvalue weighted by atomic mass is 9.93. The normalized spacial score (nSPS) is 11.0. The fourth-order valence-corrected chi connectivity index (χ4v) is 1.98. The van der Waals surface area contributed by atoms with Crippen molar-refractivity contribution in [3.63, 3.8) is 0 Å². The summed E-state index contributed by atoms with van der Waals surface area (Å²) < 4.78 is 10.5. The van der Waals surface area contributed by atoms with E-state index in [1.807, 2.05) is 20.8 Å². The van der Waals surface area contributed by atoms with Crippen molar-refractivity contribution in [2.45, 2.75) is 39.3 Å². The van der Waals surface area contributed by atoms with Gasteiger partial charge in [0.15, 0.2) is 0 Å². The molecule has 132 valence electrons. The van der Waals surface area contributed by atoms with Gasteiger partial charge in [-0.15, -0.1) is 0 Å². The Bertz CT molecular complexity index is 754. The lowest BCUT2D eigenvalue weighted by Gasteiger charge is -2.12. The van der Waals surface area contributed by atoms with E-state index in [2.05, 4.69) is 17.1 Å². The highest BCUT2D eigenvalue weighted by atomic mass is 16.5. The molecule has 2 aromatic rings. The van der Waals surface area contributed by atoms with Crippen LogP contribution in [0.4, 0.5) is 0 Å². The Kier molecular flexibility index (Phi) is 5.75. The van der Waals surface area contributed by atoms with Crippen LogP contribution in [0.25, 0.3) is 0 Å². The van der Waals surface area contributed by atoms with Gasteiger partial charge >= 0.3 is 5.97 Å². The second-order valence-corrected chi connectivity index (χ2v) is 6.63. The molecule has 0 atom stereocenters. The van der Waals surface area contributed by atoms with Gasteiger partial charge in [-0.25, -0.2) is 4.79 Å². The summed E-state index contributed by atoms with van der Waals surface area (Å²) in [7, 11) is 0. The third kappa shape index (κ3) is 5.31. The zero-order chi connectivity index (χ0) is 18.4. The van der Waals surface area contributed by atoms with Gasteiger partial charge in [-0.05, 0) is 23.8 Å². The minimum absolute atomic E-state index is 0.0511. The van der Waals surface area contributed by atoms with E-state index >= 15 is 0 Å². The number of nitrogens with zero attached hydrogens (tertiary/aromatic N) is 1. The third-order valence-electron chi connectivity index (χ3n) is 3.49. The highest BCUT2D eigenvalue weighted by Crippen LogP contribution is 2.23. The topological polar surface area (TPSA) is 81.4 Å². The summed E-state index contributed by atoms with van der Waals surface area (Å²) in [6.07, 6.45) is 1.21. The van der Waals surface area contributed by atoms with E-state index in [0.717, 1.165) is 11.3 Å². The van der Waals surface area contributed by atoms with E-state index in [4.69, 9.17) is 9.26 Å². The minimum Gasteiger partial charge on any atom is -0.455 e. The molecule has 0 saturated carbocycles.